The monoisotopic (exact) mass is 293 g/mol. The van der Waals surface area contributed by atoms with Crippen LogP contribution in [-0.2, 0) is 4.79 Å². The van der Waals surface area contributed by atoms with Gasteiger partial charge in [-0.3, -0.25) is 9.69 Å². The maximum absolute atomic E-state index is 12.4. The van der Waals surface area contributed by atoms with Crippen LogP contribution in [0.4, 0.5) is 11.4 Å². The van der Waals surface area contributed by atoms with Crippen LogP contribution in [0.15, 0.2) is 18.2 Å². The van der Waals surface area contributed by atoms with E-state index in [9.17, 15) is 4.79 Å². The zero-order chi connectivity index (χ0) is 14.5. The predicted octanol–water partition coefficient (Wildman–Crippen LogP) is 2.34. The number of nitrogens with two attached hydrogens (primary N) is 1. The highest BCUT2D eigenvalue weighted by Gasteiger charge is 2.22. The Morgan fingerprint density at radius 3 is 3.00 bits per heavy atom. The molecule has 0 spiro atoms. The summed E-state index contributed by atoms with van der Waals surface area (Å²) in [6.45, 7) is 5.89. The average molecular weight is 293 g/mol. The van der Waals surface area contributed by atoms with Gasteiger partial charge in [-0.15, -0.1) is 0 Å². The van der Waals surface area contributed by atoms with E-state index >= 15 is 0 Å². The molecule has 1 aliphatic rings. The second kappa shape index (κ2) is 6.99. The summed E-state index contributed by atoms with van der Waals surface area (Å²) in [6, 6.07) is 5.51. The van der Waals surface area contributed by atoms with Gasteiger partial charge in [-0.25, -0.2) is 0 Å². The number of nitrogen functional groups attached to an aromatic ring is 1. The first-order chi connectivity index (χ1) is 9.59. The number of hydrogen-bond donors (Lipinski definition) is 2. The Kier molecular flexibility index (Phi) is 5.31. The lowest BCUT2D eigenvalue weighted by molar-refractivity contribution is -0.120. The van der Waals surface area contributed by atoms with Gasteiger partial charge in [-0.1, -0.05) is 6.07 Å². The molecular formula is C15H23N3OS. The summed E-state index contributed by atoms with van der Waals surface area (Å²) in [4.78, 5) is 14.6. The summed E-state index contributed by atoms with van der Waals surface area (Å²) in [5, 5.41) is 3.00. The van der Waals surface area contributed by atoms with Crippen LogP contribution in [0.3, 0.4) is 0 Å². The molecule has 1 aromatic carbocycles. The molecule has 4 nitrogen and oxygen atoms in total. The first-order valence-electron chi connectivity index (χ1n) is 7.07. The topological polar surface area (TPSA) is 58.4 Å². The Morgan fingerprint density at radius 2 is 2.20 bits per heavy atom. The number of carbonyl (C=O) groups is 1. The number of nitrogens with one attached hydrogen (secondary N) is 1. The minimum absolute atomic E-state index is 0.0469. The SMILES string of the molecule is Cc1c(N)cccc1NC(=O)C(C)N1CCCSCC1. The third-order valence-electron chi connectivity index (χ3n) is 3.82. The largest absolute Gasteiger partial charge is 0.398 e. The number of carbonyl (C=O) groups excluding carboxylic acids is 1. The fourth-order valence-electron chi connectivity index (χ4n) is 2.34. The molecule has 0 saturated carbocycles. The fraction of sp³-hybridized carbons (Fsp3) is 0.533. The molecule has 20 heavy (non-hydrogen) atoms. The Morgan fingerprint density at radius 1 is 1.40 bits per heavy atom. The van der Waals surface area contributed by atoms with Crippen molar-refractivity contribution in [2.75, 3.05) is 35.6 Å². The first-order valence-corrected chi connectivity index (χ1v) is 8.23. The van der Waals surface area contributed by atoms with Gasteiger partial charge < -0.3 is 11.1 Å². The standard InChI is InChI=1S/C15H23N3OS/c1-11-13(16)5-3-6-14(11)17-15(19)12(2)18-7-4-9-20-10-8-18/h3,5-6,12H,4,7-10,16H2,1-2H3,(H,17,19). The third-order valence-corrected chi connectivity index (χ3v) is 4.87. The molecule has 1 saturated heterocycles. The van der Waals surface area contributed by atoms with Crippen molar-refractivity contribution in [3.63, 3.8) is 0 Å². The van der Waals surface area contributed by atoms with Gasteiger partial charge >= 0.3 is 0 Å². The second-order valence-corrected chi connectivity index (χ2v) is 6.41. The molecule has 0 radical (unpaired) electrons. The lowest BCUT2D eigenvalue weighted by Crippen LogP contribution is -2.43. The molecule has 3 N–H and O–H groups in total. The molecule has 0 aliphatic carbocycles. The van der Waals surface area contributed by atoms with Crippen molar-refractivity contribution in [1.82, 2.24) is 4.90 Å². The smallest absolute Gasteiger partial charge is 0.241 e. The molecule has 1 atom stereocenters. The zero-order valence-electron chi connectivity index (χ0n) is 12.2. The Balaban J connectivity index is 2.01. The fourth-order valence-corrected chi connectivity index (χ4v) is 3.25. The van der Waals surface area contributed by atoms with Gasteiger partial charge in [0, 0.05) is 23.7 Å². The number of hydrogen-bond acceptors (Lipinski definition) is 4. The predicted molar refractivity (Wildman–Crippen MR) is 87.2 cm³/mol. The molecule has 5 heteroatoms. The van der Waals surface area contributed by atoms with Gasteiger partial charge in [0.15, 0.2) is 0 Å². The van der Waals surface area contributed by atoms with E-state index in [1.807, 2.05) is 43.8 Å². The summed E-state index contributed by atoms with van der Waals surface area (Å²) < 4.78 is 0. The highest BCUT2D eigenvalue weighted by Crippen LogP contribution is 2.21. The number of anilines is 2. The van der Waals surface area contributed by atoms with Crippen molar-refractivity contribution >= 4 is 29.0 Å². The van der Waals surface area contributed by atoms with E-state index in [0.717, 1.165) is 36.5 Å². The van der Waals surface area contributed by atoms with E-state index in [2.05, 4.69) is 10.2 Å². The number of nitrogens with zero attached hydrogens (tertiary/aromatic N) is 1. The molecule has 1 aromatic rings. The molecule has 1 aliphatic heterocycles. The summed E-state index contributed by atoms with van der Waals surface area (Å²) in [6.07, 6.45) is 1.15. The average Bonchev–Trinajstić information content (AvgIpc) is 2.72. The van der Waals surface area contributed by atoms with Gasteiger partial charge in [0.25, 0.3) is 0 Å². The van der Waals surface area contributed by atoms with Crippen molar-refractivity contribution < 1.29 is 4.79 Å². The number of thioether (sulfide) groups is 1. The normalized spacial score (nSPS) is 18.3. The van der Waals surface area contributed by atoms with Crippen molar-refractivity contribution in [1.29, 1.82) is 0 Å². The van der Waals surface area contributed by atoms with Crippen LogP contribution in [0.2, 0.25) is 0 Å². The summed E-state index contributed by atoms with van der Waals surface area (Å²) >= 11 is 1.97. The lowest BCUT2D eigenvalue weighted by atomic mass is 10.1. The highest BCUT2D eigenvalue weighted by atomic mass is 32.2. The minimum Gasteiger partial charge on any atom is -0.398 e. The highest BCUT2D eigenvalue weighted by molar-refractivity contribution is 7.99. The van der Waals surface area contributed by atoms with Crippen LogP contribution in [0.25, 0.3) is 0 Å². The van der Waals surface area contributed by atoms with E-state index in [1.54, 1.807) is 0 Å². The molecule has 0 bridgehead atoms. The van der Waals surface area contributed by atoms with E-state index in [4.69, 9.17) is 5.73 Å². The number of benzene rings is 1. The van der Waals surface area contributed by atoms with Crippen LogP contribution < -0.4 is 11.1 Å². The van der Waals surface area contributed by atoms with E-state index in [1.165, 1.54) is 5.75 Å². The van der Waals surface area contributed by atoms with Crippen molar-refractivity contribution in [3.05, 3.63) is 23.8 Å². The minimum atomic E-state index is -0.102. The van der Waals surface area contributed by atoms with Gasteiger partial charge in [0.05, 0.1) is 6.04 Å². The molecule has 1 unspecified atom stereocenters. The second-order valence-electron chi connectivity index (χ2n) is 5.19. The van der Waals surface area contributed by atoms with Crippen molar-refractivity contribution in [2.24, 2.45) is 0 Å². The molecule has 1 heterocycles. The summed E-state index contributed by atoms with van der Waals surface area (Å²) in [7, 11) is 0. The Hall–Kier alpha value is -1.20. The Bertz CT molecular complexity index is 470. The molecular weight excluding hydrogens is 270 g/mol. The maximum atomic E-state index is 12.4. The maximum Gasteiger partial charge on any atom is 0.241 e. The molecule has 0 aromatic heterocycles. The summed E-state index contributed by atoms with van der Waals surface area (Å²) in [5.74, 6) is 2.35. The Labute approximate surface area is 125 Å². The van der Waals surface area contributed by atoms with Crippen LogP contribution in [-0.4, -0.2) is 41.4 Å². The number of amides is 1. The molecule has 1 amide bonds. The zero-order valence-corrected chi connectivity index (χ0v) is 13.0. The van der Waals surface area contributed by atoms with Crippen LogP contribution in [0.5, 0.6) is 0 Å². The summed E-state index contributed by atoms with van der Waals surface area (Å²) in [5.41, 5.74) is 8.32. The van der Waals surface area contributed by atoms with Crippen molar-refractivity contribution in [3.8, 4) is 0 Å². The van der Waals surface area contributed by atoms with Gasteiger partial charge in [-0.05, 0) is 50.3 Å². The molecule has 2 rings (SSSR count). The molecule has 110 valence electrons. The van der Waals surface area contributed by atoms with Gasteiger partial charge in [0.2, 0.25) is 5.91 Å². The van der Waals surface area contributed by atoms with E-state index < -0.39 is 0 Å². The van der Waals surface area contributed by atoms with Gasteiger partial charge in [0.1, 0.15) is 0 Å². The molecule has 1 fully saturated rings. The third kappa shape index (κ3) is 3.67. The van der Waals surface area contributed by atoms with Crippen molar-refractivity contribution in [2.45, 2.75) is 26.3 Å². The first kappa shape index (κ1) is 15.2. The van der Waals surface area contributed by atoms with Gasteiger partial charge in [-0.2, -0.15) is 11.8 Å². The lowest BCUT2D eigenvalue weighted by Gasteiger charge is -2.26. The number of rotatable bonds is 3. The quantitative estimate of drug-likeness (QED) is 0.840. The van der Waals surface area contributed by atoms with E-state index in [0.29, 0.717) is 5.69 Å². The van der Waals surface area contributed by atoms with Crippen LogP contribution in [0.1, 0.15) is 18.9 Å². The van der Waals surface area contributed by atoms with Crippen LogP contribution in [0, 0.1) is 6.92 Å². The van der Waals surface area contributed by atoms with E-state index in [-0.39, 0.29) is 11.9 Å². The van der Waals surface area contributed by atoms with Crippen LogP contribution >= 0.6 is 11.8 Å².